The molecule has 1 aromatic carbocycles. The second-order valence-corrected chi connectivity index (χ2v) is 7.60. The number of rotatable bonds is 4. The largest absolute Gasteiger partial charge is 0.306 e. The molecule has 1 N–H and O–H groups in total. The van der Waals surface area contributed by atoms with Gasteiger partial charge >= 0.3 is 0 Å². The number of hydrogen-bond acceptors (Lipinski definition) is 2. The van der Waals surface area contributed by atoms with E-state index in [0.717, 1.165) is 17.1 Å². The van der Waals surface area contributed by atoms with Crippen molar-refractivity contribution in [2.75, 3.05) is 6.54 Å². The third-order valence-corrected chi connectivity index (χ3v) is 5.15. The van der Waals surface area contributed by atoms with Crippen molar-refractivity contribution in [3.8, 4) is 0 Å². The topological polar surface area (TPSA) is 12.0 Å². The van der Waals surface area contributed by atoms with E-state index in [-0.39, 0.29) is 6.04 Å². The fourth-order valence-electron chi connectivity index (χ4n) is 2.15. The predicted molar refractivity (Wildman–Crippen MR) is 88.5 cm³/mol. The van der Waals surface area contributed by atoms with E-state index in [0.29, 0.717) is 0 Å². The molecular weight excluding hydrogens is 342 g/mol. The van der Waals surface area contributed by atoms with Gasteiger partial charge in [-0.3, -0.25) is 0 Å². The molecule has 19 heavy (non-hydrogen) atoms. The number of thiophene rings is 1. The van der Waals surface area contributed by atoms with Gasteiger partial charge in [-0.05, 0) is 65.1 Å². The average Bonchev–Trinajstić information content (AvgIpc) is 2.69. The lowest BCUT2D eigenvalue weighted by Crippen LogP contribution is -2.22. The number of aryl methyl sites for hydroxylation is 2. The first-order valence-corrected chi connectivity index (χ1v) is 8.27. The van der Waals surface area contributed by atoms with E-state index >= 15 is 0 Å². The third-order valence-electron chi connectivity index (χ3n) is 3.17. The molecule has 0 saturated carbocycles. The minimum atomic E-state index is 0.200. The zero-order valence-electron chi connectivity index (χ0n) is 11.3. The minimum absolute atomic E-state index is 0.200. The van der Waals surface area contributed by atoms with E-state index in [1.165, 1.54) is 19.8 Å². The Morgan fingerprint density at radius 1 is 1.32 bits per heavy atom. The van der Waals surface area contributed by atoms with Crippen molar-refractivity contribution in [1.82, 2.24) is 5.32 Å². The van der Waals surface area contributed by atoms with Gasteiger partial charge in [0.1, 0.15) is 0 Å². The second-order valence-electron chi connectivity index (χ2n) is 4.56. The molecule has 2 aromatic rings. The highest BCUT2D eigenvalue weighted by atomic mass is 79.9. The summed E-state index contributed by atoms with van der Waals surface area (Å²) in [5.74, 6) is 0. The van der Waals surface area contributed by atoms with Crippen LogP contribution < -0.4 is 5.32 Å². The maximum absolute atomic E-state index is 6.26. The Bertz CT molecular complexity index is 580. The summed E-state index contributed by atoms with van der Waals surface area (Å²) in [5.41, 5.74) is 3.65. The summed E-state index contributed by atoms with van der Waals surface area (Å²) < 4.78 is 1.17. The minimum Gasteiger partial charge on any atom is -0.306 e. The van der Waals surface area contributed by atoms with Crippen molar-refractivity contribution in [2.24, 2.45) is 0 Å². The standard InChI is InChI=1S/C15H17BrClNS/c1-4-18-15(12-8-14(16)19-10(12)3)11-6-5-9(2)13(17)7-11/h5-8,15,18H,4H2,1-3H3. The lowest BCUT2D eigenvalue weighted by molar-refractivity contribution is 0.630. The van der Waals surface area contributed by atoms with Crippen molar-refractivity contribution in [3.05, 3.63) is 54.6 Å². The van der Waals surface area contributed by atoms with Gasteiger partial charge in [0.2, 0.25) is 0 Å². The molecule has 0 aliphatic heterocycles. The monoisotopic (exact) mass is 357 g/mol. The lowest BCUT2D eigenvalue weighted by Gasteiger charge is -2.19. The van der Waals surface area contributed by atoms with E-state index in [2.05, 4.69) is 59.4 Å². The lowest BCUT2D eigenvalue weighted by atomic mass is 9.98. The maximum Gasteiger partial charge on any atom is 0.0704 e. The molecule has 0 saturated heterocycles. The van der Waals surface area contributed by atoms with E-state index in [1.807, 2.05) is 6.92 Å². The van der Waals surface area contributed by atoms with E-state index in [9.17, 15) is 0 Å². The van der Waals surface area contributed by atoms with Gasteiger partial charge in [-0.1, -0.05) is 30.7 Å². The fraction of sp³-hybridized carbons (Fsp3) is 0.333. The number of benzene rings is 1. The molecule has 4 heteroatoms. The van der Waals surface area contributed by atoms with Gasteiger partial charge in [0.25, 0.3) is 0 Å². The summed E-state index contributed by atoms with van der Waals surface area (Å²) in [5, 5.41) is 4.37. The Hall–Kier alpha value is -0.350. The Morgan fingerprint density at radius 3 is 2.58 bits per heavy atom. The maximum atomic E-state index is 6.26. The highest BCUT2D eigenvalue weighted by Crippen LogP contribution is 2.34. The molecule has 1 heterocycles. The molecule has 0 amide bonds. The average molecular weight is 359 g/mol. The van der Waals surface area contributed by atoms with E-state index in [1.54, 1.807) is 11.3 Å². The first-order valence-electron chi connectivity index (χ1n) is 6.28. The van der Waals surface area contributed by atoms with Gasteiger partial charge in [-0.15, -0.1) is 11.3 Å². The van der Waals surface area contributed by atoms with Crippen LogP contribution in [0, 0.1) is 13.8 Å². The van der Waals surface area contributed by atoms with E-state index < -0.39 is 0 Å². The van der Waals surface area contributed by atoms with Crippen LogP contribution in [0.1, 0.15) is 34.5 Å². The van der Waals surface area contributed by atoms with Crippen LogP contribution in [0.4, 0.5) is 0 Å². The molecule has 2 rings (SSSR count). The van der Waals surface area contributed by atoms with Crippen molar-refractivity contribution in [2.45, 2.75) is 26.8 Å². The highest BCUT2D eigenvalue weighted by molar-refractivity contribution is 9.11. The van der Waals surface area contributed by atoms with Gasteiger partial charge in [-0.2, -0.15) is 0 Å². The second kappa shape index (κ2) is 6.40. The zero-order valence-corrected chi connectivity index (χ0v) is 14.4. The summed E-state index contributed by atoms with van der Waals surface area (Å²) in [4.78, 5) is 1.33. The van der Waals surface area contributed by atoms with Crippen molar-refractivity contribution in [1.29, 1.82) is 0 Å². The van der Waals surface area contributed by atoms with Crippen LogP contribution in [-0.4, -0.2) is 6.54 Å². The first kappa shape index (κ1) is 15.0. The fourth-order valence-corrected chi connectivity index (χ4v) is 4.08. The van der Waals surface area contributed by atoms with Crippen LogP contribution in [0.2, 0.25) is 5.02 Å². The van der Waals surface area contributed by atoms with Crippen molar-refractivity contribution in [3.63, 3.8) is 0 Å². The van der Waals surface area contributed by atoms with Crippen molar-refractivity contribution < 1.29 is 0 Å². The Morgan fingerprint density at radius 2 is 2.05 bits per heavy atom. The van der Waals surface area contributed by atoms with E-state index in [4.69, 9.17) is 11.6 Å². The number of nitrogens with one attached hydrogen (secondary N) is 1. The SMILES string of the molecule is CCNC(c1ccc(C)c(Cl)c1)c1cc(Br)sc1C. The molecule has 0 aliphatic rings. The normalized spacial score (nSPS) is 12.7. The third kappa shape index (κ3) is 3.40. The van der Waals surface area contributed by atoms with Crippen LogP contribution in [0.25, 0.3) is 0 Å². The molecule has 1 atom stereocenters. The van der Waals surface area contributed by atoms with Gasteiger partial charge in [-0.25, -0.2) is 0 Å². The molecule has 0 spiro atoms. The molecule has 1 aromatic heterocycles. The van der Waals surface area contributed by atoms with Gasteiger partial charge in [0, 0.05) is 9.90 Å². The van der Waals surface area contributed by atoms with Gasteiger partial charge < -0.3 is 5.32 Å². The van der Waals surface area contributed by atoms with Crippen molar-refractivity contribution >= 4 is 38.9 Å². The quantitative estimate of drug-likeness (QED) is 0.763. The molecule has 1 unspecified atom stereocenters. The summed E-state index contributed by atoms with van der Waals surface area (Å²) in [6, 6.07) is 8.69. The first-order chi connectivity index (χ1) is 9.02. The van der Waals surface area contributed by atoms with Crippen LogP contribution >= 0.6 is 38.9 Å². The molecule has 1 nitrogen and oxygen atoms in total. The number of halogens is 2. The van der Waals surface area contributed by atoms with Gasteiger partial charge in [0.15, 0.2) is 0 Å². The number of hydrogen-bond donors (Lipinski definition) is 1. The summed E-state index contributed by atoms with van der Waals surface area (Å²) in [6.07, 6.45) is 0. The molecule has 0 radical (unpaired) electrons. The van der Waals surface area contributed by atoms with Crippen LogP contribution in [-0.2, 0) is 0 Å². The van der Waals surface area contributed by atoms with Crippen LogP contribution in [0.15, 0.2) is 28.1 Å². The Kier molecular flexibility index (Phi) is 5.07. The Balaban J connectivity index is 2.44. The van der Waals surface area contributed by atoms with Gasteiger partial charge in [0.05, 0.1) is 9.83 Å². The Labute approximate surface area is 132 Å². The molecule has 0 fully saturated rings. The molecule has 0 bridgehead atoms. The predicted octanol–water partition coefficient (Wildman–Crippen LogP) is 5.48. The molecule has 102 valence electrons. The summed E-state index contributed by atoms with van der Waals surface area (Å²) >= 11 is 11.6. The summed E-state index contributed by atoms with van der Waals surface area (Å²) in [7, 11) is 0. The highest BCUT2D eigenvalue weighted by Gasteiger charge is 2.18. The zero-order chi connectivity index (χ0) is 14.0. The molecular formula is C15H17BrClNS. The van der Waals surface area contributed by atoms with Crippen LogP contribution in [0.3, 0.4) is 0 Å². The van der Waals surface area contributed by atoms with Crippen LogP contribution in [0.5, 0.6) is 0 Å². The molecule has 0 aliphatic carbocycles. The summed E-state index contributed by atoms with van der Waals surface area (Å²) in [6.45, 7) is 7.23. The smallest absolute Gasteiger partial charge is 0.0704 e.